The monoisotopic (exact) mass is 296 g/mol. The highest BCUT2D eigenvalue weighted by Gasteiger charge is 2.42. The second-order valence-electron chi connectivity index (χ2n) is 7.43. The predicted octanol–water partition coefficient (Wildman–Crippen LogP) is 3.43. The van der Waals surface area contributed by atoms with E-state index < -0.39 is 0 Å². The average Bonchev–Trinajstić information content (AvgIpc) is 2.48. The van der Waals surface area contributed by atoms with Crippen LogP contribution in [0.15, 0.2) is 0 Å². The van der Waals surface area contributed by atoms with E-state index in [1.54, 1.807) is 0 Å². The summed E-state index contributed by atoms with van der Waals surface area (Å²) in [5, 5.41) is 3.93. The zero-order valence-electron chi connectivity index (χ0n) is 14.7. The third-order valence-electron chi connectivity index (χ3n) is 5.64. The van der Waals surface area contributed by atoms with E-state index in [-0.39, 0.29) is 0 Å². The van der Waals surface area contributed by atoms with Crippen molar-refractivity contribution >= 4 is 0 Å². The van der Waals surface area contributed by atoms with Crippen molar-refractivity contribution in [3.63, 3.8) is 0 Å². The minimum absolute atomic E-state index is 0.392. The molecule has 1 saturated heterocycles. The molecule has 1 aliphatic carbocycles. The van der Waals surface area contributed by atoms with Crippen LogP contribution in [0.1, 0.15) is 66.2 Å². The van der Waals surface area contributed by atoms with Crippen LogP contribution in [-0.4, -0.2) is 48.8 Å². The molecule has 1 aliphatic heterocycles. The fourth-order valence-corrected chi connectivity index (χ4v) is 4.23. The van der Waals surface area contributed by atoms with Crippen molar-refractivity contribution in [2.45, 2.75) is 83.8 Å². The zero-order valence-corrected chi connectivity index (χ0v) is 14.7. The number of hydrogen-bond acceptors (Lipinski definition) is 3. The largest absolute Gasteiger partial charge is 0.380 e. The van der Waals surface area contributed by atoms with Gasteiger partial charge in [-0.05, 0) is 32.1 Å². The summed E-state index contributed by atoms with van der Waals surface area (Å²) < 4.78 is 5.82. The molecule has 1 saturated carbocycles. The summed E-state index contributed by atoms with van der Waals surface area (Å²) in [5.41, 5.74) is 0.392. The highest BCUT2D eigenvalue weighted by Crippen LogP contribution is 2.34. The smallest absolute Gasteiger partial charge is 0.0624 e. The molecule has 124 valence electrons. The molecule has 2 fully saturated rings. The number of nitrogens with one attached hydrogen (secondary N) is 1. The molecule has 0 amide bonds. The molecule has 1 heterocycles. The first-order chi connectivity index (χ1) is 10.1. The molecule has 2 rings (SSSR count). The van der Waals surface area contributed by atoms with Gasteiger partial charge in [-0.3, -0.25) is 4.90 Å². The van der Waals surface area contributed by atoms with Gasteiger partial charge in [0.25, 0.3) is 0 Å². The number of hydrogen-bond donors (Lipinski definition) is 1. The van der Waals surface area contributed by atoms with Crippen molar-refractivity contribution in [3.8, 4) is 0 Å². The Morgan fingerprint density at radius 2 is 1.90 bits per heavy atom. The Balaban J connectivity index is 2.10. The van der Waals surface area contributed by atoms with Crippen LogP contribution in [0.3, 0.4) is 0 Å². The number of piperazine rings is 1. The summed E-state index contributed by atoms with van der Waals surface area (Å²) in [5.74, 6) is 0.657. The average molecular weight is 296 g/mol. The quantitative estimate of drug-likeness (QED) is 0.812. The molecule has 21 heavy (non-hydrogen) atoms. The van der Waals surface area contributed by atoms with Gasteiger partial charge in [0, 0.05) is 37.3 Å². The van der Waals surface area contributed by atoms with E-state index in [2.05, 4.69) is 37.9 Å². The Morgan fingerprint density at radius 1 is 1.19 bits per heavy atom. The first kappa shape index (κ1) is 17.2. The molecule has 0 aromatic carbocycles. The van der Waals surface area contributed by atoms with Gasteiger partial charge >= 0.3 is 0 Å². The van der Waals surface area contributed by atoms with Crippen molar-refractivity contribution in [3.05, 3.63) is 0 Å². The van der Waals surface area contributed by atoms with Crippen LogP contribution >= 0.6 is 0 Å². The predicted molar refractivity (Wildman–Crippen MR) is 89.7 cm³/mol. The van der Waals surface area contributed by atoms with Gasteiger partial charge in [0.2, 0.25) is 0 Å². The Labute approximate surface area is 131 Å². The van der Waals surface area contributed by atoms with E-state index in [0.29, 0.717) is 23.5 Å². The second kappa shape index (κ2) is 7.94. The molecule has 2 atom stereocenters. The van der Waals surface area contributed by atoms with Gasteiger partial charge in [-0.1, -0.05) is 40.0 Å². The summed E-state index contributed by atoms with van der Waals surface area (Å²) >= 11 is 0. The number of nitrogens with zero attached hydrogens (tertiary/aromatic N) is 1. The Hall–Kier alpha value is -0.120. The molecule has 1 spiro atoms. The van der Waals surface area contributed by atoms with E-state index in [1.807, 2.05) is 0 Å². The maximum absolute atomic E-state index is 5.82. The molecule has 0 aromatic rings. The highest BCUT2D eigenvalue weighted by molar-refractivity contribution is 5.01. The number of rotatable bonds is 6. The van der Waals surface area contributed by atoms with Crippen molar-refractivity contribution in [1.29, 1.82) is 0 Å². The molecule has 2 unspecified atom stereocenters. The van der Waals surface area contributed by atoms with Gasteiger partial charge in [-0.2, -0.15) is 0 Å². The molecule has 0 bridgehead atoms. The standard InChI is InChI=1S/C18H36N2O/c1-5-16-12-19-18(10-8-7-9-11-18)14-20(16)17(15(3)4)13-21-6-2/h15-17,19H,5-14H2,1-4H3. The molecular formula is C18H36N2O. The molecule has 1 N–H and O–H groups in total. The van der Waals surface area contributed by atoms with Gasteiger partial charge in [-0.15, -0.1) is 0 Å². The lowest BCUT2D eigenvalue weighted by Crippen LogP contribution is -2.67. The van der Waals surface area contributed by atoms with E-state index in [1.165, 1.54) is 45.1 Å². The Kier molecular flexibility index (Phi) is 6.51. The third-order valence-corrected chi connectivity index (χ3v) is 5.64. The van der Waals surface area contributed by atoms with Gasteiger partial charge in [0.15, 0.2) is 0 Å². The molecule has 3 heteroatoms. The summed E-state index contributed by atoms with van der Waals surface area (Å²) in [6, 6.07) is 1.24. The maximum atomic E-state index is 5.82. The first-order valence-corrected chi connectivity index (χ1v) is 9.20. The van der Waals surface area contributed by atoms with Crippen LogP contribution < -0.4 is 5.32 Å². The summed E-state index contributed by atoms with van der Waals surface area (Å²) in [7, 11) is 0. The lowest BCUT2D eigenvalue weighted by molar-refractivity contribution is -0.0272. The van der Waals surface area contributed by atoms with E-state index in [4.69, 9.17) is 4.74 Å². The summed E-state index contributed by atoms with van der Waals surface area (Å²) in [4.78, 5) is 2.79. The molecule has 3 nitrogen and oxygen atoms in total. The van der Waals surface area contributed by atoms with Crippen LogP contribution in [0.2, 0.25) is 0 Å². The van der Waals surface area contributed by atoms with Crippen molar-refractivity contribution < 1.29 is 4.74 Å². The van der Waals surface area contributed by atoms with Crippen LogP contribution in [0.4, 0.5) is 0 Å². The minimum Gasteiger partial charge on any atom is -0.380 e. The molecule has 2 aliphatic rings. The Bertz CT molecular complexity index is 300. The highest BCUT2D eigenvalue weighted by atomic mass is 16.5. The lowest BCUT2D eigenvalue weighted by Gasteiger charge is -2.52. The van der Waals surface area contributed by atoms with Crippen LogP contribution in [0.25, 0.3) is 0 Å². The molecule has 0 radical (unpaired) electrons. The van der Waals surface area contributed by atoms with Crippen LogP contribution in [0, 0.1) is 5.92 Å². The molecule has 0 aromatic heterocycles. The first-order valence-electron chi connectivity index (χ1n) is 9.20. The SMILES string of the molecule is CCOCC(C(C)C)N1CC2(CCCCC2)NCC1CC. The maximum Gasteiger partial charge on any atom is 0.0624 e. The zero-order chi connectivity index (χ0) is 15.3. The van der Waals surface area contributed by atoms with E-state index >= 15 is 0 Å². The molecular weight excluding hydrogens is 260 g/mol. The summed E-state index contributed by atoms with van der Waals surface area (Å²) in [6.45, 7) is 13.2. The van der Waals surface area contributed by atoms with E-state index in [0.717, 1.165) is 19.8 Å². The van der Waals surface area contributed by atoms with Crippen molar-refractivity contribution in [2.75, 3.05) is 26.3 Å². The van der Waals surface area contributed by atoms with Crippen LogP contribution in [-0.2, 0) is 4.74 Å². The van der Waals surface area contributed by atoms with Gasteiger partial charge in [0.1, 0.15) is 0 Å². The van der Waals surface area contributed by atoms with Crippen LogP contribution in [0.5, 0.6) is 0 Å². The fraction of sp³-hybridized carbons (Fsp3) is 1.00. The Morgan fingerprint density at radius 3 is 2.48 bits per heavy atom. The third kappa shape index (κ3) is 4.20. The minimum atomic E-state index is 0.392. The normalized spacial score (nSPS) is 28.1. The lowest BCUT2D eigenvalue weighted by atomic mass is 9.78. The van der Waals surface area contributed by atoms with Gasteiger partial charge < -0.3 is 10.1 Å². The van der Waals surface area contributed by atoms with Gasteiger partial charge in [0.05, 0.1) is 6.61 Å². The van der Waals surface area contributed by atoms with Crippen molar-refractivity contribution in [2.24, 2.45) is 5.92 Å². The summed E-state index contributed by atoms with van der Waals surface area (Å²) in [6.07, 6.45) is 8.18. The number of ether oxygens (including phenoxy) is 1. The second-order valence-corrected chi connectivity index (χ2v) is 7.43. The van der Waals surface area contributed by atoms with Crippen molar-refractivity contribution in [1.82, 2.24) is 10.2 Å². The topological polar surface area (TPSA) is 24.5 Å². The fourth-order valence-electron chi connectivity index (χ4n) is 4.23. The van der Waals surface area contributed by atoms with Gasteiger partial charge in [-0.25, -0.2) is 0 Å². The van der Waals surface area contributed by atoms with E-state index in [9.17, 15) is 0 Å².